The van der Waals surface area contributed by atoms with Gasteiger partial charge in [-0.05, 0) is 0 Å². The summed E-state index contributed by atoms with van der Waals surface area (Å²) in [6.07, 6.45) is 0. The average Bonchev–Trinajstić information content (AvgIpc) is 1.48. The molecule has 0 unspecified atom stereocenters. The summed E-state index contributed by atoms with van der Waals surface area (Å²) < 4.78 is 111. The molecule has 0 saturated heterocycles. The van der Waals surface area contributed by atoms with E-state index >= 15 is 0 Å². The van der Waals surface area contributed by atoms with Crippen LogP contribution in [0.25, 0.3) is 0 Å². The fourth-order valence-electron chi connectivity index (χ4n) is 11.7. The van der Waals surface area contributed by atoms with Crippen molar-refractivity contribution in [1.82, 2.24) is 0 Å². The summed E-state index contributed by atoms with van der Waals surface area (Å²) in [5, 5.41) is 0. The fraction of sp³-hybridized carbons (Fsp3) is 0.147. The molecular weight excluding hydrogens is 1350 g/mol. The van der Waals surface area contributed by atoms with Gasteiger partial charge in [0.25, 0.3) is 0 Å². The van der Waals surface area contributed by atoms with Crippen LogP contribution in [-0.2, 0) is 35.3 Å². The van der Waals surface area contributed by atoms with Crippen LogP contribution in [0.3, 0.4) is 0 Å². The van der Waals surface area contributed by atoms with Crippen molar-refractivity contribution in [2.45, 2.75) is 41.5 Å². The molecule has 0 spiro atoms. The number of anilines is 18. The zero-order valence-electron chi connectivity index (χ0n) is 56.1. The molecule has 0 fully saturated rings. The van der Waals surface area contributed by atoms with Gasteiger partial charge in [0, 0.05) is 0 Å². The Morgan fingerprint density at radius 3 is 0.812 bits per heavy atom. The molecule has 0 saturated carbocycles. The molecule has 9 aromatic rings. The van der Waals surface area contributed by atoms with E-state index in [1.54, 1.807) is 24.3 Å². The molecule has 0 amide bonds. The second kappa shape index (κ2) is 18.2. The van der Waals surface area contributed by atoms with Gasteiger partial charge in [-0.3, -0.25) is 0 Å². The van der Waals surface area contributed by atoms with E-state index in [-0.39, 0.29) is 0 Å². The van der Waals surface area contributed by atoms with E-state index in [4.69, 9.17) is 16.4 Å². The molecule has 10 nitrogen and oxygen atoms in total. The van der Waals surface area contributed by atoms with Gasteiger partial charge in [0.2, 0.25) is 0 Å². The van der Waals surface area contributed by atoms with E-state index in [9.17, 15) is 0 Å². The summed E-state index contributed by atoms with van der Waals surface area (Å²) in [6.45, 7) is 1.67. The van der Waals surface area contributed by atoms with E-state index in [0.29, 0.717) is 108 Å². The van der Waals surface area contributed by atoms with E-state index in [0.717, 1.165) is 44.8 Å². The number of hydrogen-bond donors (Lipinski definition) is 0. The van der Waals surface area contributed by atoms with Crippen molar-refractivity contribution < 1.29 is 51.7 Å². The Kier molecular flexibility index (Phi) is 8.56. The molecular formula is C68H56N10Pt2-4. The number of rotatable bonds is 2. The first kappa shape index (κ1) is 37.7. The van der Waals surface area contributed by atoms with Crippen LogP contribution in [0.2, 0.25) is 0 Å². The van der Waals surface area contributed by atoms with Crippen LogP contribution in [0, 0.1) is 65.8 Å². The van der Waals surface area contributed by atoms with Gasteiger partial charge in [0.15, 0.2) is 0 Å². The molecule has 8 bridgehead atoms. The molecule has 6 aliphatic rings. The Balaban J connectivity index is 0.994. The van der Waals surface area contributed by atoms with Gasteiger partial charge < -0.3 is 0 Å². The number of benzene rings is 9. The van der Waals surface area contributed by atoms with Gasteiger partial charge in [0.05, 0.1) is 0 Å². The van der Waals surface area contributed by atoms with Crippen molar-refractivity contribution >= 4 is 119 Å². The Hall–Kier alpha value is -8.16. The fourth-order valence-corrected chi connectivity index (χ4v) is 18.0. The van der Waals surface area contributed by atoms with Crippen LogP contribution in [0.15, 0.2) is 158 Å². The first-order valence-corrected chi connectivity index (χ1v) is 30.5. The predicted octanol–water partition coefficient (Wildman–Crippen LogP) is 14.6. The zero-order chi connectivity index (χ0) is 64.6. The van der Waals surface area contributed by atoms with Crippen LogP contribution in [0.5, 0.6) is 0 Å². The third kappa shape index (κ3) is 7.10. The van der Waals surface area contributed by atoms with E-state index in [2.05, 4.69) is 73.9 Å². The van der Waals surface area contributed by atoms with Crippen LogP contribution < -0.4 is 49.0 Å². The molecule has 15 rings (SSSR count). The third-order valence-corrected chi connectivity index (χ3v) is 21.6. The van der Waals surface area contributed by atoms with Crippen molar-refractivity contribution in [3.8, 4) is 0 Å². The van der Waals surface area contributed by atoms with Crippen molar-refractivity contribution in [2.24, 2.45) is 0 Å². The maximum absolute atomic E-state index is 9.15. The van der Waals surface area contributed by atoms with Gasteiger partial charge in [0.1, 0.15) is 0 Å². The van der Waals surface area contributed by atoms with E-state index in [1.165, 1.54) is 19.6 Å². The first-order chi connectivity index (χ1) is 43.7. The minimum absolute atomic E-state index is 0.421. The number of nitrogens with zero attached hydrogens (tertiary/aromatic N) is 10. The molecule has 6 aliphatic heterocycles. The Labute approximate surface area is 501 Å². The maximum atomic E-state index is 9.15. The van der Waals surface area contributed by atoms with Gasteiger partial charge in [-0.2, -0.15) is 0 Å². The van der Waals surface area contributed by atoms with E-state index in [1.807, 2.05) is 155 Å². The predicted molar refractivity (Wildman–Crippen MR) is 328 cm³/mol. The number of aryl methyl sites for hydroxylation is 2. The molecule has 80 heavy (non-hydrogen) atoms. The molecule has 0 atom stereocenters. The van der Waals surface area contributed by atoms with Crippen LogP contribution >= 0.6 is 0 Å². The minimum atomic E-state index is -2.68. The van der Waals surface area contributed by atoms with E-state index < -0.39 is 63.2 Å². The van der Waals surface area contributed by atoms with Crippen LogP contribution in [0.1, 0.15) is 49.8 Å². The van der Waals surface area contributed by atoms with Gasteiger partial charge in [-0.25, -0.2) is 0 Å². The zero-order valence-corrected chi connectivity index (χ0v) is 48.7. The van der Waals surface area contributed by atoms with Crippen molar-refractivity contribution in [3.05, 3.63) is 215 Å². The first-order valence-electron chi connectivity index (χ1n) is 31.9. The topological polar surface area (TPSA) is 32.4 Å². The summed E-state index contributed by atoms with van der Waals surface area (Å²) in [4.78, 5) is 17.6. The molecule has 0 N–H and O–H groups in total. The number of para-hydroxylation sites is 8. The monoisotopic (exact) mass is 1410 g/mol. The molecule has 0 radical (unpaired) electrons. The van der Waals surface area contributed by atoms with Crippen LogP contribution in [-0.4, -0.2) is 44.5 Å². The normalized spacial score (nSPS) is 18.7. The van der Waals surface area contributed by atoms with Gasteiger partial charge >= 0.3 is 505 Å². The Bertz CT molecular complexity index is 4490. The third-order valence-electron chi connectivity index (χ3n) is 15.5. The standard InChI is InChI=1S/C68H56N10.2Pt/c1-45-33-55(75-43-71(9)61-27-13-17-31-65(61)75)39-57(35-45)77(53-23-19-21-51(37-53)73-41-69(7)59-25-11-15-29-63(59)73)67-47(3)49(5)68(50(6)48(67)4)78(54-24-20-22-52(38-54)74-42-70(8)60-26-12-16-30-64(60)74)58-36-46(2)34-56(40-58)76-44-72(10)62-28-14-18-32-66(62)76;;/h11-36H,1-10H3;;/q-4;;/i7D3,8D3,9D3,10D3;;. The number of hydrogen-bond acceptors (Lipinski definition) is 10. The molecule has 6 heterocycles. The molecule has 12 heteroatoms. The molecule has 9 aromatic carbocycles. The quantitative estimate of drug-likeness (QED) is 0.156. The Morgan fingerprint density at radius 1 is 0.287 bits per heavy atom. The van der Waals surface area contributed by atoms with Gasteiger partial charge in [-0.15, -0.1) is 0 Å². The summed E-state index contributed by atoms with van der Waals surface area (Å²) in [5.41, 5.74) is 15.9. The summed E-state index contributed by atoms with van der Waals surface area (Å²) in [5.74, 6) is 0. The SMILES string of the molecule is [2H]C([2H])([2H])N1[C]2=[Pt]=[C]3N(c4[c-]c(cc(C)c4)N(c4c(C)c(C)c(N5c6[c-]c(ccc6)N6[C](=[Pt]=[C]7N(c8[c-]c5cc(C)c8)c5ccccc5N7C([2H])([2H])[2H])N(C([2H])([2H])[2H])c5ccccc56)c(C)c4C)c4[c-]c(ccc4)N2c2ccccc21)c1ccccc1N3C([2H])([2H])[2H]. The summed E-state index contributed by atoms with van der Waals surface area (Å²) in [6, 6.07) is 64.6. The summed E-state index contributed by atoms with van der Waals surface area (Å²) in [7, 11) is 0. The average molecular weight is 1420 g/mol. The molecule has 0 aliphatic carbocycles. The van der Waals surface area contributed by atoms with Crippen LogP contribution in [0.4, 0.5) is 102 Å². The molecule has 402 valence electrons. The second-order valence-corrected chi connectivity index (χ2v) is 25.5. The number of fused-ring (bicyclic) bond motifs is 24. The second-order valence-electron chi connectivity index (χ2n) is 20.3. The summed E-state index contributed by atoms with van der Waals surface area (Å²) >= 11 is -3.43. The van der Waals surface area contributed by atoms with Crippen molar-refractivity contribution in [2.75, 3.05) is 76.9 Å². The molecule has 0 aromatic heterocycles. The van der Waals surface area contributed by atoms with Crippen molar-refractivity contribution in [3.63, 3.8) is 0 Å². The van der Waals surface area contributed by atoms with Crippen molar-refractivity contribution in [1.29, 1.82) is 0 Å². The van der Waals surface area contributed by atoms with Gasteiger partial charge in [-0.1, -0.05) is 0 Å². The Morgan fingerprint density at radius 2 is 0.525 bits per heavy atom.